The van der Waals surface area contributed by atoms with Gasteiger partial charge in [-0.25, -0.2) is 14.5 Å². The van der Waals surface area contributed by atoms with Gasteiger partial charge in [0.15, 0.2) is 0 Å². The first-order chi connectivity index (χ1) is 16.2. The number of anilines is 2. The van der Waals surface area contributed by atoms with E-state index in [0.717, 1.165) is 23.1 Å². The standard InChI is InChI=1S/C24H16N2O8/c1-34-19-5-3-2-4-18(19)26-21(28)16-7-6-12(11-17(16)22(26)29)20(27)25-15-9-13(23(30)31)8-14(10-15)24(32)33/h2-11H,1H3,(H,25,27)(H,30,31)(H,32,33). The number of methoxy groups -OCH3 is 1. The average Bonchev–Trinajstić information content (AvgIpc) is 3.07. The van der Waals surface area contributed by atoms with Gasteiger partial charge in [0.2, 0.25) is 0 Å². The maximum atomic E-state index is 13.0. The second-order valence-corrected chi connectivity index (χ2v) is 7.24. The van der Waals surface area contributed by atoms with E-state index in [1.54, 1.807) is 24.3 Å². The maximum absolute atomic E-state index is 13.0. The first kappa shape index (κ1) is 22.2. The molecule has 4 rings (SSSR count). The number of rotatable bonds is 6. The summed E-state index contributed by atoms with van der Waals surface area (Å²) >= 11 is 0. The van der Waals surface area contributed by atoms with Gasteiger partial charge >= 0.3 is 11.9 Å². The summed E-state index contributed by atoms with van der Waals surface area (Å²) in [6.45, 7) is 0. The molecule has 10 nitrogen and oxygen atoms in total. The first-order valence-corrected chi connectivity index (χ1v) is 9.80. The Balaban J connectivity index is 1.65. The topological polar surface area (TPSA) is 150 Å². The third-order valence-corrected chi connectivity index (χ3v) is 5.16. The van der Waals surface area contributed by atoms with Crippen molar-refractivity contribution in [3.05, 3.63) is 88.5 Å². The number of para-hydroxylation sites is 2. The van der Waals surface area contributed by atoms with Crippen LogP contribution in [0.15, 0.2) is 60.7 Å². The van der Waals surface area contributed by atoms with Gasteiger partial charge in [-0.2, -0.15) is 0 Å². The van der Waals surface area contributed by atoms with Gasteiger partial charge < -0.3 is 20.3 Å². The van der Waals surface area contributed by atoms with Gasteiger partial charge in [0.25, 0.3) is 17.7 Å². The van der Waals surface area contributed by atoms with Crippen LogP contribution in [0.3, 0.4) is 0 Å². The van der Waals surface area contributed by atoms with E-state index >= 15 is 0 Å². The third-order valence-electron chi connectivity index (χ3n) is 5.16. The zero-order valence-electron chi connectivity index (χ0n) is 17.6. The quantitative estimate of drug-likeness (QED) is 0.475. The van der Waals surface area contributed by atoms with Crippen LogP contribution >= 0.6 is 0 Å². The number of fused-ring (bicyclic) bond motifs is 1. The molecule has 1 aliphatic heterocycles. The predicted molar refractivity (Wildman–Crippen MR) is 119 cm³/mol. The van der Waals surface area contributed by atoms with Crippen LogP contribution in [-0.4, -0.2) is 47.0 Å². The molecule has 3 aromatic carbocycles. The molecule has 3 aromatic rings. The maximum Gasteiger partial charge on any atom is 0.335 e. The number of imide groups is 1. The molecule has 0 spiro atoms. The lowest BCUT2D eigenvalue weighted by molar-refractivity contribution is 0.0695. The molecule has 3 amide bonds. The van der Waals surface area contributed by atoms with Crippen LogP contribution in [0, 0.1) is 0 Å². The number of benzene rings is 3. The van der Waals surface area contributed by atoms with E-state index in [1.165, 1.54) is 25.3 Å². The third kappa shape index (κ3) is 3.84. The second kappa shape index (κ2) is 8.51. The number of amides is 3. The molecule has 3 N–H and O–H groups in total. The highest BCUT2D eigenvalue weighted by Gasteiger charge is 2.38. The number of carbonyl (C=O) groups is 5. The van der Waals surface area contributed by atoms with E-state index in [-0.39, 0.29) is 39.2 Å². The minimum Gasteiger partial charge on any atom is -0.495 e. The first-order valence-electron chi connectivity index (χ1n) is 9.80. The minimum atomic E-state index is -1.36. The number of nitrogens with zero attached hydrogens (tertiary/aromatic N) is 1. The van der Waals surface area contributed by atoms with E-state index < -0.39 is 29.7 Å². The van der Waals surface area contributed by atoms with Crippen LogP contribution in [0.4, 0.5) is 11.4 Å². The van der Waals surface area contributed by atoms with Gasteiger partial charge in [-0.05, 0) is 48.5 Å². The zero-order chi connectivity index (χ0) is 24.6. The molecular formula is C24H16N2O8. The fourth-order valence-electron chi connectivity index (χ4n) is 3.57. The van der Waals surface area contributed by atoms with Crippen LogP contribution < -0.4 is 15.0 Å². The molecule has 1 heterocycles. The minimum absolute atomic E-state index is 0.00840. The van der Waals surface area contributed by atoms with Crippen molar-refractivity contribution in [2.45, 2.75) is 0 Å². The summed E-state index contributed by atoms with van der Waals surface area (Å²) in [6, 6.07) is 13.6. The van der Waals surface area contributed by atoms with Gasteiger partial charge in [0.1, 0.15) is 5.75 Å². The molecule has 10 heteroatoms. The lowest BCUT2D eigenvalue weighted by atomic mass is 10.0. The SMILES string of the molecule is COc1ccccc1N1C(=O)c2ccc(C(=O)Nc3cc(C(=O)O)cc(C(=O)O)c3)cc2C1=O. The van der Waals surface area contributed by atoms with E-state index in [0.29, 0.717) is 5.75 Å². The van der Waals surface area contributed by atoms with Crippen molar-refractivity contribution in [2.75, 3.05) is 17.3 Å². The molecule has 0 saturated heterocycles. The van der Waals surface area contributed by atoms with Crippen LogP contribution in [0.5, 0.6) is 5.75 Å². The number of aromatic carboxylic acids is 2. The van der Waals surface area contributed by atoms with E-state index in [2.05, 4.69) is 5.32 Å². The van der Waals surface area contributed by atoms with Gasteiger partial charge in [0, 0.05) is 11.3 Å². The molecule has 170 valence electrons. The fraction of sp³-hybridized carbons (Fsp3) is 0.0417. The predicted octanol–water partition coefficient (Wildman–Crippen LogP) is 3.14. The molecule has 0 aromatic heterocycles. The monoisotopic (exact) mass is 460 g/mol. The van der Waals surface area contributed by atoms with E-state index in [9.17, 15) is 34.2 Å². The highest BCUT2D eigenvalue weighted by molar-refractivity contribution is 6.35. The summed E-state index contributed by atoms with van der Waals surface area (Å²) in [5.41, 5.74) is -0.313. The Labute approximate surface area is 192 Å². The van der Waals surface area contributed by atoms with E-state index in [4.69, 9.17) is 4.74 Å². The van der Waals surface area contributed by atoms with Crippen LogP contribution in [-0.2, 0) is 0 Å². The van der Waals surface area contributed by atoms with Crippen LogP contribution in [0.1, 0.15) is 51.8 Å². The summed E-state index contributed by atoms with van der Waals surface area (Å²) in [4.78, 5) is 62.2. The summed E-state index contributed by atoms with van der Waals surface area (Å²) < 4.78 is 5.24. The van der Waals surface area contributed by atoms with Crippen molar-refractivity contribution < 1.29 is 38.9 Å². The normalized spacial score (nSPS) is 12.3. The summed E-state index contributed by atoms with van der Waals surface area (Å²) in [5, 5.41) is 20.8. The number of carboxylic acid groups (broad SMARTS) is 2. The van der Waals surface area contributed by atoms with Crippen molar-refractivity contribution in [3.8, 4) is 5.75 Å². The van der Waals surface area contributed by atoms with Crippen molar-refractivity contribution in [1.82, 2.24) is 0 Å². The molecule has 1 aliphatic rings. The Kier molecular flexibility index (Phi) is 5.56. The highest BCUT2D eigenvalue weighted by Crippen LogP contribution is 2.35. The number of carbonyl (C=O) groups excluding carboxylic acids is 3. The molecule has 0 bridgehead atoms. The molecule has 0 fully saturated rings. The van der Waals surface area contributed by atoms with Crippen molar-refractivity contribution in [2.24, 2.45) is 0 Å². The van der Waals surface area contributed by atoms with Gasteiger partial charge in [0.05, 0.1) is 35.1 Å². The summed E-state index contributed by atoms with van der Waals surface area (Å²) in [5.74, 6) is -4.34. The van der Waals surface area contributed by atoms with Crippen molar-refractivity contribution in [1.29, 1.82) is 0 Å². The number of ether oxygens (including phenoxy) is 1. The van der Waals surface area contributed by atoms with Crippen LogP contribution in [0.2, 0.25) is 0 Å². The molecule has 0 saturated carbocycles. The van der Waals surface area contributed by atoms with Gasteiger partial charge in [-0.15, -0.1) is 0 Å². The fourth-order valence-corrected chi connectivity index (χ4v) is 3.57. The lowest BCUT2D eigenvalue weighted by Gasteiger charge is -2.16. The number of hydrogen-bond acceptors (Lipinski definition) is 6. The number of hydrogen-bond donors (Lipinski definition) is 3. The zero-order valence-corrected chi connectivity index (χ0v) is 17.6. The Morgan fingerprint density at radius 1 is 0.794 bits per heavy atom. The van der Waals surface area contributed by atoms with Crippen LogP contribution in [0.25, 0.3) is 0 Å². The second-order valence-electron chi connectivity index (χ2n) is 7.24. The summed E-state index contributed by atoms with van der Waals surface area (Å²) in [6.07, 6.45) is 0. The van der Waals surface area contributed by atoms with E-state index in [1.807, 2.05) is 0 Å². The van der Waals surface area contributed by atoms with Gasteiger partial charge in [-0.1, -0.05) is 12.1 Å². The molecule has 0 radical (unpaired) electrons. The molecular weight excluding hydrogens is 444 g/mol. The number of carboxylic acids is 2. The smallest absolute Gasteiger partial charge is 0.335 e. The van der Waals surface area contributed by atoms with Crippen molar-refractivity contribution in [3.63, 3.8) is 0 Å². The largest absolute Gasteiger partial charge is 0.495 e. The molecule has 0 atom stereocenters. The Bertz CT molecular complexity index is 1360. The Morgan fingerprint density at radius 3 is 2.03 bits per heavy atom. The molecule has 0 unspecified atom stereocenters. The molecule has 34 heavy (non-hydrogen) atoms. The Morgan fingerprint density at radius 2 is 1.41 bits per heavy atom. The molecule has 0 aliphatic carbocycles. The Hall–Kier alpha value is -4.99. The lowest BCUT2D eigenvalue weighted by Crippen LogP contribution is -2.29. The van der Waals surface area contributed by atoms with Gasteiger partial charge in [-0.3, -0.25) is 14.4 Å². The van der Waals surface area contributed by atoms with Crippen molar-refractivity contribution >= 4 is 41.0 Å². The number of nitrogens with one attached hydrogen (secondary N) is 1. The highest BCUT2D eigenvalue weighted by atomic mass is 16.5. The summed E-state index contributed by atoms with van der Waals surface area (Å²) in [7, 11) is 1.41. The average molecular weight is 460 g/mol.